The monoisotopic (exact) mass is 283 g/mol. The minimum atomic E-state index is -0.995. The van der Waals surface area contributed by atoms with Crippen molar-refractivity contribution in [3.8, 4) is 0 Å². The first-order valence-electron chi connectivity index (χ1n) is 5.05. The van der Waals surface area contributed by atoms with Crippen molar-refractivity contribution in [2.45, 2.75) is 10.6 Å². The fourth-order valence-corrected chi connectivity index (χ4v) is 2.39. The molecule has 1 heterocycles. The second-order valence-corrected chi connectivity index (χ2v) is 5.03. The van der Waals surface area contributed by atoms with Crippen molar-refractivity contribution in [3.05, 3.63) is 46.9 Å². The zero-order valence-electron chi connectivity index (χ0n) is 9.22. The minimum absolute atomic E-state index is 0.154. The SMILES string of the molecule is Nc1ccc(SCc2cc(C(=O)O)co2)cc1Cl. The van der Waals surface area contributed by atoms with Gasteiger partial charge in [-0.15, -0.1) is 11.8 Å². The third kappa shape index (κ3) is 3.00. The van der Waals surface area contributed by atoms with Gasteiger partial charge < -0.3 is 15.3 Å². The summed E-state index contributed by atoms with van der Waals surface area (Å²) >= 11 is 7.40. The first-order chi connectivity index (χ1) is 8.56. The molecular formula is C12H10ClNO3S. The smallest absolute Gasteiger partial charge is 0.338 e. The number of furan rings is 1. The fourth-order valence-electron chi connectivity index (χ4n) is 1.32. The molecule has 3 N–H and O–H groups in total. The number of hydrogen-bond donors (Lipinski definition) is 2. The second-order valence-electron chi connectivity index (χ2n) is 3.58. The molecule has 0 bridgehead atoms. The molecule has 0 aliphatic rings. The maximum Gasteiger partial charge on any atom is 0.338 e. The van der Waals surface area contributed by atoms with Crippen LogP contribution in [0.4, 0.5) is 5.69 Å². The van der Waals surface area contributed by atoms with Gasteiger partial charge in [0.05, 0.1) is 22.0 Å². The number of carboxylic acids is 1. The van der Waals surface area contributed by atoms with Gasteiger partial charge in [0.1, 0.15) is 12.0 Å². The summed E-state index contributed by atoms with van der Waals surface area (Å²) < 4.78 is 5.14. The summed E-state index contributed by atoms with van der Waals surface area (Å²) in [6.45, 7) is 0. The summed E-state index contributed by atoms with van der Waals surface area (Å²) in [6, 6.07) is 6.86. The zero-order valence-corrected chi connectivity index (χ0v) is 10.8. The van der Waals surface area contributed by atoms with E-state index in [2.05, 4.69) is 0 Å². The highest BCUT2D eigenvalue weighted by molar-refractivity contribution is 7.98. The number of carboxylic acid groups (broad SMARTS) is 1. The molecule has 2 rings (SSSR count). The predicted octanol–water partition coefficient (Wildman–Crippen LogP) is 3.51. The second kappa shape index (κ2) is 5.37. The molecule has 0 amide bonds. The molecule has 0 radical (unpaired) electrons. The molecule has 0 unspecified atom stereocenters. The Bertz CT molecular complexity index is 582. The highest BCUT2D eigenvalue weighted by Crippen LogP contribution is 2.28. The predicted molar refractivity (Wildman–Crippen MR) is 71.1 cm³/mol. The normalized spacial score (nSPS) is 10.5. The van der Waals surface area contributed by atoms with Crippen LogP contribution in [0.25, 0.3) is 0 Å². The van der Waals surface area contributed by atoms with Crippen LogP contribution in [0.3, 0.4) is 0 Å². The van der Waals surface area contributed by atoms with Crippen LogP contribution >= 0.6 is 23.4 Å². The Morgan fingerprint density at radius 1 is 1.44 bits per heavy atom. The van der Waals surface area contributed by atoms with Gasteiger partial charge in [0, 0.05) is 4.90 Å². The van der Waals surface area contributed by atoms with Crippen molar-refractivity contribution in [3.63, 3.8) is 0 Å². The number of benzene rings is 1. The fraction of sp³-hybridized carbons (Fsp3) is 0.0833. The highest BCUT2D eigenvalue weighted by Gasteiger charge is 2.08. The molecule has 1 aromatic heterocycles. The summed E-state index contributed by atoms with van der Waals surface area (Å²) in [5.74, 6) is 0.143. The third-order valence-electron chi connectivity index (χ3n) is 2.25. The maximum absolute atomic E-state index is 10.7. The molecule has 0 fully saturated rings. The van der Waals surface area contributed by atoms with Gasteiger partial charge in [0.25, 0.3) is 0 Å². The Hall–Kier alpha value is -1.59. The topological polar surface area (TPSA) is 76.5 Å². The van der Waals surface area contributed by atoms with Crippen LogP contribution in [-0.4, -0.2) is 11.1 Å². The summed E-state index contributed by atoms with van der Waals surface area (Å²) in [7, 11) is 0. The zero-order chi connectivity index (χ0) is 13.1. The third-order valence-corrected chi connectivity index (χ3v) is 3.60. The van der Waals surface area contributed by atoms with Crippen LogP contribution in [0.1, 0.15) is 16.1 Å². The molecule has 1 aromatic carbocycles. The van der Waals surface area contributed by atoms with Gasteiger partial charge in [0.2, 0.25) is 0 Å². The van der Waals surface area contributed by atoms with E-state index in [1.54, 1.807) is 12.1 Å². The number of nitrogens with two attached hydrogens (primary N) is 1. The maximum atomic E-state index is 10.7. The molecule has 18 heavy (non-hydrogen) atoms. The number of thioether (sulfide) groups is 1. The van der Waals surface area contributed by atoms with Gasteiger partial charge >= 0.3 is 5.97 Å². The van der Waals surface area contributed by atoms with Crippen LogP contribution in [0, 0.1) is 0 Å². The lowest BCUT2D eigenvalue weighted by Crippen LogP contribution is -1.91. The molecular weight excluding hydrogens is 274 g/mol. The van der Waals surface area contributed by atoms with Gasteiger partial charge in [-0.25, -0.2) is 4.79 Å². The number of rotatable bonds is 4. The number of carbonyl (C=O) groups is 1. The molecule has 0 spiro atoms. The molecule has 0 saturated heterocycles. The first kappa shape index (κ1) is 12.9. The summed E-state index contributed by atoms with van der Waals surface area (Å²) in [5, 5.41) is 9.26. The summed E-state index contributed by atoms with van der Waals surface area (Å²) in [5.41, 5.74) is 6.30. The number of anilines is 1. The van der Waals surface area contributed by atoms with Gasteiger partial charge in [-0.05, 0) is 24.3 Å². The van der Waals surface area contributed by atoms with E-state index in [1.165, 1.54) is 24.1 Å². The van der Waals surface area contributed by atoms with Gasteiger partial charge in [-0.3, -0.25) is 0 Å². The van der Waals surface area contributed by atoms with Gasteiger partial charge in [0.15, 0.2) is 0 Å². The standard InChI is InChI=1S/C12H10ClNO3S/c13-10-4-9(1-2-11(10)14)18-6-8-3-7(5-17-8)12(15)16/h1-5H,6,14H2,(H,15,16). The molecule has 94 valence electrons. The average Bonchev–Trinajstić information content (AvgIpc) is 2.79. The number of hydrogen-bond acceptors (Lipinski definition) is 4. The Labute approximate surface area is 113 Å². The minimum Gasteiger partial charge on any atom is -0.478 e. The Balaban J connectivity index is 2.02. The van der Waals surface area contributed by atoms with E-state index >= 15 is 0 Å². The van der Waals surface area contributed by atoms with Crippen molar-refractivity contribution in [2.75, 3.05) is 5.73 Å². The first-order valence-corrected chi connectivity index (χ1v) is 6.41. The molecule has 2 aromatic rings. The van der Waals surface area contributed by atoms with E-state index in [-0.39, 0.29) is 5.56 Å². The number of aromatic carboxylic acids is 1. The lowest BCUT2D eigenvalue weighted by atomic mass is 10.3. The summed E-state index contributed by atoms with van der Waals surface area (Å²) in [4.78, 5) is 11.6. The molecule has 0 saturated carbocycles. The molecule has 6 heteroatoms. The van der Waals surface area contributed by atoms with E-state index in [1.807, 2.05) is 6.07 Å². The Kier molecular flexibility index (Phi) is 3.84. The molecule has 4 nitrogen and oxygen atoms in total. The van der Waals surface area contributed by atoms with Crippen LogP contribution in [0.15, 0.2) is 39.8 Å². The molecule has 0 atom stereocenters. The van der Waals surface area contributed by atoms with Crippen molar-refractivity contribution >= 4 is 35.0 Å². The van der Waals surface area contributed by atoms with E-state index in [0.717, 1.165) is 4.90 Å². The largest absolute Gasteiger partial charge is 0.478 e. The van der Waals surface area contributed by atoms with Crippen LogP contribution < -0.4 is 5.73 Å². The van der Waals surface area contributed by atoms with Crippen molar-refractivity contribution in [2.24, 2.45) is 0 Å². The van der Waals surface area contributed by atoms with Gasteiger partial charge in [-0.1, -0.05) is 11.6 Å². The van der Waals surface area contributed by atoms with Crippen LogP contribution in [-0.2, 0) is 5.75 Å². The van der Waals surface area contributed by atoms with E-state index < -0.39 is 5.97 Å². The van der Waals surface area contributed by atoms with E-state index in [0.29, 0.717) is 22.2 Å². The van der Waals surface area contributed by atoms with Gasteiger partial charge in [-0.2, -0.15) is 0 Å². The number of halogens is 1. The average molecular weight is 284 g/mol. The summed E-state index contributed by atoms with van der Waals surface area (Å²) in [6.07, 6.45) is 1.23. The van der Waals surface area contributed by atoms with Crippen molar-refractivity contribution < 1.29 is 14.3 Å². The Morgan fingerprint density at radius 2 is 2.22 bits per heavy atom. The molecule has 0 aliphatic heterocycles. The lowest BCUT2D eigenvalue weighted by Gasteiger charge is -2.02. The quantitative estimate of drug-likeness (QED) is 0.663. The lowest BCUT2D eigenvalue weighted by molar-refractivity contribution is 0.0696. The van der Waals surface area contributed by atoms with Crippen molar-refractivity contribution in [1.82, 2.24) is 0 Å². The number of nitrogen functional groups attached to an aromatic ring is 1. The van der Waals surface area contributed by atoms with Crippen LogP contribution in [0.5, 0.6) is 0 Å². The van der Waals surface area contributed by atoms with E-state index in [4.69, 9.17) is 26.9 Å². The molecule has 0 aliphatic carbocycles. The Morgan fingerprint density at radius 3 is 2.83 bits per heavy atom. The van der Waals surface area contributed by atoms with Crippen molar-refractivity contribution in [1.29, 1.82) is 0 Å². The highest BCUT2D eigenvalue weighted by atomic mass is 35.5. The van der Waals surface area contributed by atoms with Crippen LogP contribution in [0.2, 0.25) is 5.02 Å². The van der Waals surface area contributed by atoms with E-state index in [9.17, 15) is 4.79 Å².